The molecule has 56 valence electrons. The summed E-state index contributed by atoms with van der Waals surface area (Å²) >= 11 is 1.65. The predicted octanol–water partition coefficient (Wildman–Crippen LogP) is 1.86. The summed E-state index contributed by atoms with van der Waals surface area (Å²) in [5, 5.41) is 3.09. The summed E-state index contributed by atoms with van der Waals surface area (Å²) < 4.78 is 0. The summed E-state index contributed by atoms with van der Waals surface area (Å²) in [6.45, 7) is 4.06. The summed E-state index contributed by atoms with van der Waals surface area (Å²) in [5.74, 6) is 0. The van der Waals surface area contributed by atoms with Crippen molar-refractivity contribution in [1.82, 2.24) is 4.98 Å². The van der Waals surface area contributed by atoms with Gasteiger partial charge in [0.25, 0.3) is 0 Å². The third-order valence-corrected chi connectivity index (χ3v) is 2.49. The van der Waals surface area contributed by atoms with Crippen LogP contribution in [0, 0.1) is 6.92 Å². The Morgan fingerprint density at radius 2 is 2.50 bits per heavy atom. The van der Waals surface area contributed by atoms with Crippen LogP contribution in [-0.4, -0.2) is 4.98 Å². The SMILES string of the molecule is CC[C@H](N)c1nc(C)cs1. The van der Waals surface area contributed by atoms with Crippen LogP contribution in [-0.2, 0) is 0 Å². The van der Waals surface area contributed by atoms with E-state index in [-0.39, 0.29) is 6.04 Å². The monoisotopic (exact) mass is 156 g/mol. The number of aromatic nitrogens is 1. The van der Waals surface area contributed by atoms with Gasteiger partial charge in [0.05, 0.1) is 6.04 Å². The molecule has 0 bridgehead atoms. The zero-order chi connectivity index (χ0) is 7.56. The molecule has 0 spiro atoms. The molecule has 3 heteroatoms. The van der Waals surface area contributed by atoms with E-state index < -0.39 is 0 Å². The molecule has 1 aromatic heterocycles. The molecule has 1 atom stereocenters. The van der Waals surface area contributed by atoms with E-state index in [9.17, 15) is 0 Å². The van der Waals surface area contributed by atoms with Gasteiger partial charge in [0, 0.05) is 11.1 Å². The highest BCUT2D eigenvalue weighted by Crippen LogP contribution is 2.17. The first-order valence-corrected chi connectivity index (χ1v) is 4.29. The fourth-order valence-corrected chi connectivity index (χ4v) is 1.60. The molecular weight excluding hydrogens is 144 g/mol. The molecule has 0 aliphatic heterocycles. The van der Waals surface area contributed by atoms with Crippen LogP contribution in [0.2, 0.25) is 0 Å². The lowest BCUT2D eigenvalue weighted by atomic mass is 10.2. The largest absolute Gasteiger partial charge is 0.322 e. The molecule has 0 amide bonds. The fourth-order valence-electron chi connectivity index (χ4n) is 0.717. The predicted molar refractivity (Wildman–Crippen MR) is 44.1 cm³/mol. The number of hydrogen-bond donors (Lipinski definition) is 1. The lowest BCUT2D eigenvalue weighted by Crippen LogP contribution is -2.07. The van der Waals surface area contributed by atoms with E-state index in [1.165, 1.54) is 0 Å². The molecular formula is C7H12N2S. The van der Waals surface area contributed by atoms with Gasteiger partial charge in [-0.1, -0.05) is 6.92 Å². The second-order valence-electron chi connectivity index (χ2n) is 2.34. The first-order chi connectivity index (χ1) is 4.74. The minimum absolute atomic E-state index is 0.138. The average molecular weight is 156 g/mol. The van der Waals surface area contributed by atoms with Gasteiger partial charge in [0.1, 0.15) is 5.01 Å². The number of aryl methyl sites for hydroxylation is 1. The van der Waals surface area contributed by atoms with Crippen LogP contribution in [0.3, 0.4) is 0 Å². The molecule has 0 saturated heterocycles. The van der Waals surface area contributed by atoms with Gasteiger partial charge in [-0.3, -0.25) is 0 Å². The topological polar surface area (TPSA) is 38.9 Å². The lowest BCUT2D eigenvalue weighted by Gasteiger charge is -2.01. The Morgan fingerprint density at radius 3 is 2.90 bits per heavy atom. The summed E-state index contributed by atoms with van der Waals surface area (Å²) in [6.07, 6.45) is 0.965. The van der Waals surface area contributed by atoms with Gasteiger partial charge in [0.2, 0.25) is 0 Å². The quantitative estimate of drug-likeness (QED) is 0.709. The van der Waals surface area contributed by atoms with Gasteiger partial charge < -0.3 is 5.73 Å². The number of rotatable bonds is 2. The second kappa shape index (κ2) is 3.12. The zero-order valence-electron chi connectivity index (χ0n) is 6.29. The van der Waals surface area contributed by atoms with Crippen LogP contribution < -0.4 is 5.73 Å². The number of thiazole rings is 1. The molecule has 0 saturated carbocycles. The standard InChI is InChI=1S/C7H12N2S/c1-3-6(8)7-9-5(2)4-10-7/h4,6H,3,8H2,1-2H3/t6-/m0/s1. The summed E-state index contributed by atoms with van der Waals surface area (Å²) in [6, 6.07) is 0.138. The highest BCUT2D eigenvalue weighted by Gasteiger charge is 2.05. The van der Waals surface area contributed by atoms with E-state index in [1.807, 2.05) is 12.3 Å². The Balaban J connectivity index is 2.74. The molecule has 0 unspecified atom stereocenters. The van der Waals surface area contributed by atoms with Crippen LogP contribution in [0.15, 0.2) is 5.38 Å². The van der Waals surface area contributed by atoms with Gasteiger partial charge in [0.15, 0.2) is 0 Å². The highest BCUT2D eigenvalue weighted by atomic mass is 32.1. The molecule has 0 aliphatic carbocycles. The molecule has 0 fully saturated rings. The Bertz CT molecular complexity index is 207. The van der Waals surface area contributed by atoms with Gasteiger partial charge in [-0.2, -0.15) is 0 Å². The van der Waals surface area contributed by atoms with Crippen molar-refractivity contribution in [3.05, 3.63) is 16.1 Å². The Morgan fingerprint density at radius 1 is 1.80 bits per heavy atom. The normalized spacial score (nSPS) is 13.5. The molecule has 0 aromatic carbocycles. The molecule has 0 aliphatic rings. The third-order valence-electron chi connectivity index (χ3n) is 1.39. The van der Waals surface area contributed by atoms with E-state index >= 15 is 0 Å². The molecule has 2 N–H and O–H groups in total. The van der Waals surface area contributed by atoms with Crippen molar-refractivity contribution in [3.8, 4) is 0 Å². The average Bonchev–Trinajstić information content (AvgIpc) is 2.34. The first-order valence-electron chi connectivity index (χ1n) is 3.41. The van der Waals surface area contributed by atoms with Crippen molar-refractivity contribution in [3.63, 3.8) is 0 Å². The van der Waals surface area contributed by atoms with E-state index in [0.717, 1.165) is 17.1 Å². The van der Waals surface area contributed by atoms with Crippen LogP contribution in [0.1, 0.15) is 30.1 Å². The number of hydrogen-bond acceptors (Lipinski definition) is 3. The van der Waals surface area contributed by atoms with Crippen LogP contribution in [0.4, 0.5) is 0 Å². The highest BCUT2D eigenvalue weighted by molar-refractivity contribution is 7.09. The van der Waals surface area contributed by atoms with Gasteiger partial charge >= 0.3 is 0 Å². The maximum absolute atomic E-state index is 5.76. The maximum atomic E-state index is 5.76. The van der Waals surface area contributed by atoms with Gasteiger partial charge in [-0.25, -0.2) is 4.98 Å². The van der Waals surface area contributed by atoms with Crippen molar-refractivity contribution < 1.29 is 0 Å². The first kappa shape index (κ1) is 7.69. The minimum atomic E-state index is 0.138. The molecule has 1 rings (SSSR count). The summed E-state index contributed by atoms with van der Waals surface area (Å²) in [7, 11) is 0. The van der Waals surface area contributed by atoms with E-state index in [0.29, 0.717) is 0 Å². The third kappa shape index (κ3) is 1.55. The lowest BCUT2D eigenvalue weighted by molar-refractivity contribution is 0.691. The van der Waals surface area contributed by atoms with E-state index in [1.54, 1.807) is 11.3 Å². The van der Waals surface area contributed by atoms with E-state index in [2.05, 4.69) is 11.9 Å². The molecule has 1 aromatic rings. The van der Waals surface area contributed by atoms with Crippen molar-refractivity contribution in [2.75, 3.05) is 0 Å². The summed E-state index contributed by atoms with van der Waals surface area (Å²) in [4.78, 5) is 4.27. The zero-order valence-corrected chi connectivity index (χ0v) is 7.11. The van der Waals surface area contributed by atoms with Crippen molar-refractivity contribution in [1.29, 1.82) is 0 Å². The van der Waals surface area contributed by atoms with Crippen LogP contribution >= 0.6 is 11.3 Å². The van der Waals surface area contributed by atoms with Gasteiger partial charge in [-0.15, -0.1) is 11.3 Å². The Labute approximate surface area is 65.1 Å². The van der Waals surface area contributed by atoms with Crippen LogP contribution in [0.5, 0.6) is 0 Å². The van der Waals surface area contributed by atoms with Crippen molar-refractivity contribution >= 4 is 11.3 Å². The maximum Gasteiger partial charge on any atom is 0.110 e. The molecule has 10 heavy (non-hydrogen) atoms. The van der Waals surface area contributed by atoms with E-state index in [4.69, 9.17) is 5.73 Å². The second-order valence-corrected chi connectivity index (χ2v) is 3.23. The Kier molecular flexibility index (Phi) is 2.40. The smallest absolute Gasteiger partial charge is 0.110 e. The van der Waals surface area contributed by atoms with Crippen LogP contribution in [0.25, 0.3) is 0 Å². The van der Waals surface area contributed by atoms with Crippen molar-refractivity contribution in [2.45, 2.75) is 26.3 Å². The molecule has 2 nitrogen and oxygen atoms in total. The fraction of sp³-hybridized carbons (Fsp3) is 0.571. The minimum Gasteiger partial charge on any atom is -0.322 e. The van der Waals surface area contributed by atoms with Crippen molar-refractivity contribution in [2.24, 2.45) is 5.73 Å². The molecule has 1 heterocycles. The Hall–Kier alpha value is -0.410. The number of nitrogens with zero attached hydrogens (tertiary/aromatic N) is 1. The molecule has 0 radical (unpaired) electrons. The van der Waals surface area contributed by atoms with Gasteiger partial charge in [-0.05, 0) is 13.3 Å². The summed E-state index contributed by atoms with van der Waals surface area (Å²) in [5.41, 5.74) is 6.83. The number of nitrogens with two attached hydrogens (primary N) is 1.